The van der Waals surface area contributed by atoms with Gasteiger partial charge < -0.3 is 14.5 Å². The van der Waals surface area contributed by atoms with Crippen molar-refractivity contribution in [3.63, 3.8) is 0 Å². The second-order valence-electron chi connectivity index (χ2n) is 6.52. The summed E-state index contributed by atoms with van der Waals surface area (Å²) in [5.74, 6) is 0.862. The van der Waals surface area contributed by atoms with Crippen LogP contribution in [0.2, 0.25) is 0 Å². The summed E-state index contributed by atoms with van der Waals surface area (Å²) in [6.45, 7) is 7.59. The molecule has 0 bridgehead atoms. The predicted octanol–water partition coefficient (Wildman–Crippen LogP) is 3.23. The van der Waals surface area contributed by atoms with Crippen molar-refractivity contribution in [2.24, 2.45) is 0 Å². The van der Waals surface area contributed by atoms with Gasteiger partial charge in [0, 0.05) is 38.7 Å². The molecule has 0 saturated carbocycles. The van der Waals surface area contributed by atoms with Gasteiger partial charge in [-0.3, -0.25) is 9.59 Å². The SMILES string of the molecule is CC(=O)N(CCC(=O)N1CCCCC1)c1ccc(OC(C)C)cc1. The molecule has 5 heteroatoms. The summed E-state index contributed by atoms with van der Waals surface area (Å²) in [7, 11) is 0. The van der Waals surface area contributed by atoms with Gasteiger partial charge in [-0.25, -0.2) is 0 Å². The summed E-state index contributed by atoms with van der Waals surface area (Å²) in [6.07, 6.45) is 3.85. The fraction of sp³-hybridized carbons (Fsp3) is 0.579. The Balaban J connectivity index is 1.96. The molecule has 0 N–H and O–H groups in total. The van der Waals surface area contributed by atoms with E-state index in [2.05, 4.69) is 0 Å². The van der Waals surface area contributed by atoms with Gasteiger partial charge in [0.15, 0.2) is 0 Å². The standard InChI is InChI=1S/C19H28N2O3/c1-15(2)24-18-9-7-17(8-10-18)21(16(3)22)14-11-19(23)20-12-5-4-6-13-20/h7-10,15H,4-6,11-14H2,1-3H3. The Morgan fingerprint density at radius 1 is 1.12 bits per heavy atom. The van der Waals surface area contributed by atoms with Gasteiger partial charge in [-0.15, -0.1) is 0 Å². The highest BCUT2D eigenvalue weighted by Gasteiger charge is 2.19. The third-order valence-electron chi connectivity index (χ3n) is 4.16. The molecule has 1 aliphatic rings. The lowest BCUT2D eigenvalue weighted by Crippen LogP contribution is -2.38. The van der Waals surface area contributed by atoms with Gasteiger partial charge >= 0.3 is 0 Å². The maximum Gasteiger partial charge on any atom is 0.224 e. The Labute approximate surface area is 144 Å². The average molecular weight is 332 g/mol. The molecule has 5 nitrogen and oxygen atoms in total. The van der Waals surface area contributed by atoms with E-state index in [4.69, 9.17) is 4.74 Å². The smallest absolute Gasteiger partial charge is 0.224 e. The monoisotopic (exact) mass is 332 g/mol. The molecule has 1 aromatic rings. The number of nitrogens with zero attached hydrogens (tertiary/aromatic N) is 2. The Kier molecular flexibility index (Phi) is 6.64. The van der Waals surface area contributed by atoms with Crippen LogP contribution in [-0.4, -0.2) is 42.5 Å². The molecule has 24 heavy (non-hydrogen) atoms. The zero-order valence-electron chi connectivity index (χ0n) is 15.0. The molecule has 132 valence electrons. The predicted molar refractivity (Wildman–Crippen MR) is 95.3 cm³/mol. The van der Waals surface area contributed by atoms with E-state index in [-0.39, 0.29) is 17.9 Å². The molecule has 1 heterocycles. The highest BCUT2D eigenvalue weighted by Crippen LogP contribution is 2.21. The number of amides is 2. The van der Waals surface area contributed by atoms with Crippen LogP contribution in [0.4, 0.5) is 5.69 Å². The van der Waals surface area contributed by atoms with Gasteiger partial charge in [-0.05, 0) is 57.4 Å². The molecule has 0 atom stereocenters. The lowest BCUT2D eigenvalue weighted by Gasteiger charge is -2.28. The molecular weight excluding hydrogens is 304 g/mol. The highest BCUT2D eigenvalue weighted by molar-refractivity contribution is 5.92. The summed E-state index contributed by atoms with van der Waals surface area (Å²) in [4.78, 5) is 27.8. The molecule has 0 radical (unpaired) electrons. The second-order valence-corrected chi connectivity index (χ2v) is 6.52. The Morgan fingerprint density at radius 3 is 2.29 bits per heavy atom. The van der Waals surface area contributed by atoms with E-state index in [1.807, 2.05) is 43.0 Å². The molecule has 0 unspecified atom stereocenters. The molecule has 2 rings (SSSR count). The van der Waals surface area contributed by atoms with E-state index < -0.39 is 0 Å². The van der Waals surface area contributed by atoms with E-state index in [9.17, 15) is 9.59 Å². The van der Waals surface area contributed by atoms with E-state index in [0.717, 1.165) is 37.4 Å². The van der Waals surface area contributed by atoms with Gasteiger partial charge in [0.1, 0.15) is 5.75 Å². The van der Waals surface area contributed by atoms with E-state index in [1.165, 1.54) is 13.3 Å². The molecule has 1 saturated heterocycles. The number of piperidine rings is 1. The van der Waals surface area contributed by atoms with Crippen LogP contribution in [0.3, 0.4) is 0 Å². The summed E-state index contributed by atoms with van der Waals surface area (Å²) >= 11 is 0. The number of hydrogen-bond donors (Lipinski definition) is 0. The van der Waals surface area contributed by atoms with Gasteiger partial charge in [0.05, 0.1) is 6.10 Å². The first-order chi connectivity index (χ1) is 11.5. The number of hydrogen-bond acceptors (Lipinski definition) is 3. The van der Waals surface area contributed by atoms with Crippen LogP contribution >= 0.6 is 0 Å². The first kappa shape index (κ1) is 18.3. The Morgan fingerprint density at radius 2 is 1.75 bits per heavy atom. The zero-order valence-corrected chi connectivity index (χ0v) is 15.0. The molecule has 0 aromatic heterocycles. The Bertz CT molecular complexity index is 548. The largest absolute Gasteiger partial charge is 0.491 e. The first-order valence-electron chi connectivity index (χ1n) is 8.80. The van der Waals surface area contributed by atoms with Crippen molar-refractivity contribution in [2.45, 2.75) is 52.6 Å². The number of benzene rings is 1. The fourth-order valence-corrected chi connectivity index (χ4v) is 2.95. The van der Waals surface area contributed by atoms with Crippen LogP contribution in [-0.2, 0) is 9.59 Å². The second kappa shape index (κ2) is 8.71. The third kappa shape index (κ3) is 5.25. The van der Waals surface area contributed by atoms with Crippen LogP contribution in [0.15, 0.2) is 24.3 Å². The maximum atomic E-state index is 12.3. The fourth-order valence-electron chi connectivity index (χ4n) is 2.95. The number of ether oxygens (including phenoxy) is 1. The van der Waals surface area contributed by atoms with Crippen molar-refractivity contribution in [1.82, 2.24) is 4.90 Å². The molecule has 1 fully saturated rings. The number of carbonyl (C=O) groups excluding carboxylic acids is 2. The summed E-state index contributed by atoms with van der Waals surface area (Å²) in [5.41, 5.74) is 0.796. The molecule has 0 aliphatic carbocycles. The van der Waals surface area contributed by atoms with Gasteiger partial charge in [-0.1, -0.05) is 0 Å². The first-order valence-corrected chi connectivity index (χ1v) is 8.80. The third-order valence-corrected chi connectivity index (χ3v) is 4.16. The van der Waals surface area contributed by atoms with Crippen molar-refractivity contribution >= 4 is 17.5 Å². The van der Waals surface area contributed by atoms with Crippen molar-refractivity contribution in [1.29, 1.82) is 0 Å². The van der Waals surface area contributed by atoms with Crippen molar-refractivity contribution in [2.75, 3.05) is 24.5 Å². The van der Waals surface area contributed by atoms with Crippen LogP contribution in [0.25, 0.3) is 0 Å². The molecule has 2 amide bonds. The minimum atomic E-state index is -0.0565. The van der Waals surface area contributed by atoms with Crippen LogP contribution in [0.5, 0.6) is 5.75 Å². The quantitative estimate of drug-likeness (QED) is 0.803. The van der Waals surface area contributed by atoms with Crippen molar-refractivity contribution < 1.29 is 14.3 Å². The van der Waals surface area contributed by atoms with Crippen LogP contribution in [0.1, 0.15) is 46.5 Å². The van der Waals surface area contributed by atoms with E-state index in [0.29, 0.717) is 13.0 Å². The van der Waals surface area contributed by atoms with E-state index in [1.54, 1.807) is 4.90 Å². The summed E-state index contributed by atoms with van der Waals surface area (Å²) in [5, 5.41) is 0. The topological polar surface area (TPSA) is 49.9 Å². The number of rotatable bonds is 6. The van der Waals surface area contributed by atoms with E-state index >= 15 is 0 Å². The zero-order chi connectivity index (χ0) is 17.5. The van der Waals surface area contributed by atoms with Crippen molar-refractivity contribution in [3.05, 3.63) is 24.3 Å². The minimum Gasteiger partial charge on any atom is -0.491 e. The number of likely N-dealkylation sites (tertiary alicyclic amines) is 1. The summed E-state index contributed by atoms with van der Waals surface area (Å²) in [6, 6.07) is 7.45. The lowest BCUT2D eigenvalue weighted by molar-refractivity contribution is -0.131. The summed E-state index contributed by atoms with van der Waals surface area (Å²) < 4.78 is 5.62. The average Bonchev–Trinajstić information content (AvgIpc) is 2.56. The Hall–Kier alpha value is -2.04. The lowest BCUT2D eigenvalue weighted by atomic mass is 10.1. The molecule has 0 spiro atoms. The van der Waals surface area contributed by atoms with Gasteiger partial charge in [0.2, 0.25) is 11.8 Å². The van der Waals surface area contributed by atoms with Crippen molar-refractivity contribution in [3.8, 4) is 5.75 Å². The van der Waals surface area contributed by atoms with Crippen LogP contribution < -0.4 is 9.64 Å². The number of anilines is 1. The maximum absolute atomic E-state index is 12.3. The minimum absolute atomic E-state index is 0.0565. The molecule has 1 aromatic carbocycles. The van der Waals surface area contributed by atoms with Gasteiger partial charge in [-0.2, -0.15) is 0 Å². The van der Waals surface area contributed by atoms with Gasteiger partial charge in [0.25, 0.3) is 0 Å². The highest BCUT2D eigenvalue weighted by atomic mass is 16.5. The normalized spacial score (nSPS) is 14.6. The number of carbonyl (C=O) groups is 2. The molecular formula is C19H28N2O3. The van der Waals surface area contributed by atoms with Crippen LogP contribution in [0, 0.1) is 0 Å². The molecule has 1 aliphatic heterocycles.